The average Bonchev–Trinajstić information content (AvgIpc) is 2.87. The lowest BCUT2D eigenvalue weighted by Crippen LogP contribution is -2.43. The largest absolute Gasteiger partial charge is 0.394 e. The van der Waals surface area contributed by atoms with Gasteiger partial charge < -0.3 is 25.4 Å². The Morgan fingerprint density at radius 1 is 0.880 bits per heavy atom. The fraction of sp³-hybridized carbons (Fsp3) is 0.947. The zero-order valence-corrected chi connectivity index (χ0v) is 15.7. The minimum Gasteiger partial charge on any atom is -0.394 e. The van der Waals surface area contributed by atoms with Crippen LogP contribution < -0.4 is 5.32 Å². The van der Waals surface area contributed by atoms with Gasteiger partial charge in [-0.1, -0.05) is 71.1 Å². The van der Waals surface area contributed by atoms with Gasteiger partial charge in [-0.3, -0.25) is 4.79 Å². The van der Waals surface area contributed by atoms with E-state index >= 15 is 0 Å². The molecule has 0 bridgehead atoms. The van der Waals surface area contributed by atoms with Gasteiger partial charge in [-0.2, -0.15) is 0 Å². The summed E-state index contributed by atoms with van der Waals surface area (Å²) in [6.07, 6.45) is 9.76. The Balaban J connectivity index is 1.96. The van der Waals surface area contributed by atoms with E-state index in [9.17, 15) is 15.0 Å². The molecule has 6 heteroatoms. The topological polar surface area (TPSA) is 99.0 Å². The van der Waals surface area contributed by atoms with Crippen molar-refractivity contribution in [2.45, 2.75) is 109 Å². The molecule has 0 aromatic heterocycles. The molecule has 0 aliphatic carbocycles. The number of aliphatic hydroxyl groups is 3. The maximum atomic E-state index is 11.9. The molecule has 4 N–H and O–H groups in total. The van der Waals surface area contributed by atoms with Gasteiger partial charge in [0.2, 0.25) is 5.91 Å². The number of hydrogen-bond donors (Lipinski definition) is 4. The van der Waals surface area contributed by atoms with Gasteiger partial charge in [0.1, 0.15) is 18.3 Å². The van der Waals surface area contributed by atoms with Gasteiger partial charge >= 0.3 is 0 Å². The number of aliphatic hydroxyl groups excluding tert-OH is 3. The van der Waals surface area contributed by atoms with Crippen LogP contribution in [0.15, 0.2) is 0 Å². The average molecular weight is 360 g/mol. The number of carbonyl (C=O) groups is 1. The van der Waals surface area contributed by atoms with E-state index in [1.54, 1.807) is 0 Å². The van der Waals surface area contributed by atoms with Gasteiger partial charge in [0.25, 0.3) is 0 Å². The highest BCUT2D eigenvalue weighted by molar-refractivity contribution is 5.76. The molecule has 0 unspecified atom stereocenters. The van der Waals surface area contributed by atoms with Crippen LogP contribution in [0, 0.1) is 0 Å². The number of rotatable bonds is 14. The first-order chi connectivity index (χ1) is 12.1. The third-order valence-electron chi connectivity index (χ3n) is 4.85. The molecule has 1 fully saturated rings. The standard InChI is InChI=1S/C19H37NO5/c1-2-3-4-5-6-7-8-9-10-11-12-13-16(22)20-19-18(24)17(23)15(14-21)25-19/h15,17-19,21,23-24H,2-14H2,1H3,(H,20,22)/t15-,17+,18-,19+/m1/s1. The van der Waals surface area contributed by atoms with E-state index in [1.807, 2.05) is 0 Å². The molecule has 1 aliphatic heterocycles. The number of unbranched alkanes of at least 4 members (excludes halogenated alkanes) is 10. The lowest BCUT2D eigenvalue weighted by Gasteiger charge is -2.16. The summed E-state index contributed by atoms with van der Waals surface area (Å²) in [5.41, 5.74) is 0. The van der Waals surface area contributed by atoms with Crippen LogP contribution >= 0.6 is 0 Å². The zero-order chi connectivity index (χ0) is 18.5. The number of carbonyl (C=O) groups excluding carboxylic acids is 1. The molecule has 1 aliphatic rings. The Hall–Kier alpha value is -0.690. The minimum absolute atomic E-state index is 0.189. The summed E-state index contributed by atoms with van der Waals surface area (Å²) in [6, 6.07) is 0. The summed E-state index contributed by atoms with van der Waals surface area (Å²) in [5, 5.41) is 31.0. The monoisotopic (exact) mass is 359 g/mol. The highest BCUT2D eigenvalue weighted by Gasteiger charge is 2.42. The Morgan fingerprint density at radius 3 is 1.88 bits per heavy atom. The molecule has 1 rings (SSSR count). The SMILES string of the molecule is CCCCCCCCCCCCCC(=O)N[C@H]1O[C@H](CO)[C@H](O)[C@H]1O. The van der Waals surface area contributed by atoms with E-state index < -0.39 is 24.5 Å². The predicted octanol–water partition coefficient (Wildman–Crippen LogP) is 2.24. The molecule has 0 aromatic rings. The molecule has 1 amide bonds. The molecular weight excluding hydrogens is 322 g/mol. The van der Waals surface area contributed by atoms with E-state index in [0.717, 1.165) is 19.3 Å². The van der Waals surface area contributed by atoms with Crippen LogP contribution in [-0.4, -0.2) is 52.4 Å². The molecule has 25 heavy (non-hydrogen) atoms. The molecule has 0 saturated carbocycles. The van der Waals surface area contributed by atoms with Crippen molar-refractivity contribution in [1.29, 1.82) is 0 Å². The lowest BCUT2D eigenvalue weighted by molar-refractivity contribution is -0.127. The summed E-state index contributed by atoms with van der Waals surface area (Å²) in [7, 11) is 0. The van der Waals surface area contributed by atoms with Gasteiger partial charge in [0, 0.05) is 6.42 Å². The van der Waals surface area contributed by atoms with Crippen molar-refractivity contribution >= 4 is 5.91 Å². The third kappa shape index (κ3) is 8.99. The van der Waals surface area contributed by atoms with Gasteiger partial charge in [0.15, 0.2) is 6.23 Å². The number of hydrogen-bond acceptors (Lipinski definition) is 5. The first-order valence-corrected chi connectivity index (χ1v) is 10.0. The van der Waals surface area contributed by atoms with Gasteiger partial charge in [-0.15, -0.1) is 0 Å². The van der Waals surface area contributed by atoms with Gasteiger partial charge in [0.05, 0.1) is 6.61 Å². The first kappa shape index (κ1) is 22.4. The first-order valence-electron chi connectivity index (χ1n) is 10.0. The summed E-state index contributed by atoms with van der Waals surface area (Å²) >= 11 is 0. The van der Waals surface area contributed by atoms with E-state index in [4.69, 9.17) is 9.84 Å². The summed E-state index contributed by atoms with van der Waals surface area (Å²) in [4.78, 5) is 11.9. The van der Waals surface area contributed by atoms with E-state index in [-0.39, 0.29) is 12.5 Å². The second-order valence-electron chi connectivity index (χ2n) is 7.11. The van der Waals surface area contributed by atoms with Crippen LogP contribution in [0.5, 0.6) is 0 Å². The van der Waals surface area contributed by atoms with Crippen molar-refractivity contribution in [3.05, 3.63) is 0 Å². The zero-order valence-electron chi connectivity index (χ0n) is 15.7. The Bertz CT molecular complexity index is 353. The molecule has 0 aromatic carbocycles. The normalized spacial score (nSPS) is 26.1. The molecule has 4 atom stereocenters. The van der Waals surface area contributed by atoms with Gasteiger partial charge in [-0.05, 0) is 6.42 Å². The summed E-state index contributed by atoms with van der Waals surface area (Å²) < 4.78 is 5.23. The van der Waals surface area contributed by atoms with E-state index in [0.29, 0.717) is 6.42 Å². The molecule has 148 valence electrons. The van der Waals surface area contributed by atoms with Crippen molar-refractivity contribution in [2.24, 2.45) is 0 Å². The quantitative estimate of drug-likeness (QED) is 0.357. The molecule has 0 radical (unpaired) electrons. The number of amides is 1. The van der Waals surface area contributed by atoms with Crippen LogP contribution in [0.25, 0.3) is 0 Å². The van der Waals surface area contributed by atoms with Crippen LogP contribution in [0.3, 0.4) is 0 Å². The van der Waals surface area contributed by atoms with Crippen molar-refractivity contribution < 1.29 is 24.9 Å². The van der Waals surface area contributed by atoms with Crippen molar-refractivity contribution in [3.8, 4) is 0 Å². The van der Waals surface area contributed by atoms with Crippen LogP contribution in [-0.2, 0) is 9.53 Å². The van der Waals surface area contributed by atoms with Crippen molar-refractivity contribution in [1.82, 2.24) is 5.32 Å². The maximum Gasteiger partial charge on any atom is 0.222 e. The third-order valence-corrected chi connectivity index (χ3v) is 4.85. The fourth-order valence-electron chi connectivity index (χ4n) is 3.20. The van der Waals surface area contributed by atoms with Crippen LogP contribution in [0.4, 0.5) is 0 Å². The fourth-order valence-corrected chi connectivity index (χ4v) is 3.20. The van der Waals surface area contributed by atoms with Crippen molar-refractivity contribution in [3.63, 3.8) is 0 Å². The Kier molecular flexibility index (Phi) is 12.1. The molecule has 6 nitrogen and oxygen atoms in total. The molecular formula is C19H37NO5. The smallest absolute Gasteiger partial charge is 0.222 e. The Labute approximate surface area is 152 Å². The second-order valence-corrected chi connectivity index (χ2v) is 7.11. The highest BCUT2D eigenvalue weighted by atomic mass is 16.6. The van der Waals surface area contributed by atoms with Crippen LogP contribution in [0.2, 0.25) is 0 Å². The van der Waals surface area contributed by atoms with E-state index in [1.165, 1.54) is 51.4 Å². The van der Waals surface area contributed by atoms with Crippen molar-refractivity contribution in [2.75, 3.05) is 6.61 Å². The molecule has 0 spiro atoms. The lowest BCUT2D eigenvalue weighted by atomic mass is 10.1. The number of ether oxygens (including phenoxy) is 1. The summed E-state index contributed by atoms with van der Waals surface area (Å²) in [5.74, 6) is -0.189. The minimum atomic E-state index is -1.20. The van der Waals surface area contributed by atoms with Crippen LogP contribution in [0.1, 0.15) is 84.0 Å². The predicted molar refractivity (Wildman–Crippen MR) is 97.0 cm³/mol. The van der Waals surface area contributed by atoms with Gasteiger partial charge in [-0.25, -0.2) is 0 Å². The van der Waals surface area contributed by atoms with E-state index in [2.05, 4.69) is 12.2 Å². The molecule has 1 saturated heterocycles. The molecule has 1 heterocycles. The Morgan fingerprint density at radius 2 is 1.40 bits per heavy atom. The second kappa shape index (κ2) is 13.5. The maximum absolute atomic E-state index is 11.9. The highest BCUT2D eigenvalue weighted by Crippen LogP contribution is 2.19. The summed E-state index contributed by atoms with van der Waals surface area (Å²) in [6.45, 7) is 1.85. The number of nitrogens with one attached hydrogen (secondary N) is 1.